The van der Waals surface area contributed by atoms with Gasteiger partial charge in [-0.3, -0.25) is 4.68 Å². The molecule has 0 fully saturated rings. The Morgan fingerprint density at radius 3 is 2.47 bits per heavy atom. The zero-order valence-electron chi connectivity index (χ0n) is 11.5. The lowest BCUT2D eigenvalue weighted by atomic mass is 9.76. The number of benzene rings is 1. The fourth-order valence-corrected chi connectivity index (χ4v) is 2.36. The molecule has 4 heteroatoms. The Kier molecular flexibility index (Phi) is 4.02. The lowest BCUT2D eigenvalue weighted by Crippen LogP contribution is -2.40. The maximum atomic E-state index is 9.86. The van der Waals surface area contributed by atoms with Crippen molar-refractivity contribution in [3.63, 3.8) is 0 Å². The average Bonchev–Trinajstić information content (AvgIpc) is 2.82. The van der Waals surface area contributed by atoms with Crippen LogP contribution in [0.1, 0.15) is 16.7 Å². The van der Waals surface area contributed by atoms with Crippen LogP contribution in [0.4, 0.5) is 0 Å². The molecule has 0 bridgehead atoms. The van der Waals surface area contributed by atoms with E-state index in [0.717, 1.165) is 11.1 Å². The minimum atomic E-state index is -0.434. The van der Waals surface area contributed by atoms with E-state index < -0.39 is 5.41 Å². The highest BCUT2D eigenvalue weighted by Crippen LogP contribution is 2.27. The Morgan fingerprint density at radius 1 is 1.32 bits per heavy atom. The second-order valence-electron chi connectivity index (χ2n) is 5.21. The summed E-state index contributed by atoms with van der Waals surface area (Å²) in [5.74, 6) is 0. The maximum Gasteiger partial charge on any atom is 0.0543 e. The van der Waals surface area contributed by atoms with E-state index >= 15 is 0 Å². The number of hydrogen-bond donors (Lipinski definition) is 2. The number of aliphatic hydroxyl groups excluding tert-OH is 1. The second-order valence-corrected chi connectivity index (χ2v) is 5.21. The van der Waals surface area contributed by atoms with E-state index in [1.165, 1.54) is 5.56 Å². The number of hydrogen-bond acceptors (Lipinski definition) is 3. The molecule has 1 aromatic heterocycles. The summed E-state index contributed by atoms with van der Waals surface area (Å²) >= 11 is 0. The van der Waals surface area contributed by atoms with Gasteiger partial charge < -0.3 is 10.8 Å². The van der Waals surface area contributed by atoms with Crippen LogP contribution in [0.15, 0.2) is 36.7 Å². The average molecular weight is 259 g/mol. The maximum absolute atomic E-state index is 9.86. The van der Waals surface area contributed by atoms with Crippen LogP contribution < -0.4 is 5.73 Å². The molecule has 0 spiro atoms. The van der Waals surface area contributed by atoms with Gasteiger partial charge in [-0.05, 0) is 24.5 Å². The van der Waals surface area contributed by atoms with Crippen molar-refractivity contribution < 1.29 is 5.11 Å². The van der Waals surface area contributed by atoms with Gasteiger partial charge in [0.05, 0.1) is 12.8 Å². The van der Waals surface area contributed by atoms with Gasteiger partial charge in [0.15, 0.2) is 0 Å². The van der Waals surface area contributed by atoms with Crippen molar-refractivity contribution in [1.29, 1.82) is 0 Å². The lowest BCUT2D eigenvalue weighted by Gasteiger charge is -2.31. The molecule has 0 aliphatic rings. The fraction of sp³-hybridized carbons (Fsp3) is 0.400. The number of rotatable bonds is 5. The van der Waals surface area contributed by atoms with Gasteiger partial charge in [0, 0.05) is 25.2 Å². The van der Waals surface area contributed by atoms with Gasteiger partial charge in [-0.1, -0.05) is 29.8 Å². The molecule has 1 aromatic carbocycles. The highest BCUT2D eigenvalue weighted by molar-refractivity contribution is 5.31. The van der Waals surface area contributed by atoms with E-state index in [9.17, 15) is 5.11 Å². The third-order valence-electron chi connectivity index (χ3n) is 3.66. The summed E-state index contributed by atoms with van der Waals surface area (Å²) in [5, 5.41) is 14.0. The van der Waals surface area contributed by atoms with Crippen LogP contribution in [-0.4, -0.2) is 28.0 Å². The number of aryl methyl sites for hydroxylation is 2. The van der Waals surface area contributed by atoms with Crippen LogP contribution in [0.5, 0.6) is 0 Å². The zero-order valence-corrected chi connectivity index (χ0v) is 11.5. The van der Waals surface area contributed by atoms with E-state index in [0.29, 0.717) is 13.0 Å². The Hall–Kier alpha value is -1.65. The standard InChI is InChI=1S/C15H21N3O/c1-12-3-5-14(6-4-12)15(10-16,11-19)7-13-8-17-18(2)9-13/h3-6,8-9,19H,7,10-11,16H2,1-2H3. The molecule has 0 saturated heterocycles. The molecular weight excluding hydrogens is 238 g/mol. The third kappa shape index (κ3) is 2.85. The molecule has 1 atom stereocenters. The molecule has 4 nitrogen and oxygen atoms in total. The molecule has 0 aliphatic carbocycles. The van der Waals surface area contributed by atoms with Crippen molar-refractivity contribution >= 4 is 0 Å². The highest BCUT2D eigenvalue weighted by atomic mass is 16.3. The lowest BCUT2D eigenvalue weighted by molar-refractivity contribution is 0.196. The molecule has 2 rings (SSSR count). The number of nitrogens with two attached hydrogens (primary N) is 1. The van der Waals surface area contributed by atoms with Crippen LogP contribution in [0.2, 0.25) is 0 Å². The van der Waals surface area contributed by atoms with Crippen molar-refractivity contribution in [1.82, 2.24) is 9.78 Å². The van der Waals surface area contributed by atoms with Crippen molar-refractivity contribution in [3.8, 4) is 0 Å². The van der Waals surface area contributed by atoms with E-state index in [4.69, 9.17) is 5.73 Å². The van der Waals surface area contributed by atoms with Gasteiger partial charge in [-0.25, -0.2) is 0 Å². The van der Waals surface area contributed by atoms with E-state index in [-0.39, 0.29) is 6.61 Å². The van der Waals surface area contributed by atoms with Crippen molar-refractivity contribution in [2.75, 3.05) is 13.2 Å². The van der Waals surface area contributed by atoms with Gasteiger partial charge >= 0.3 is 0 Å². The van der Waals surface area contributed by atoms with Crippen LogP contribution in [-0.2, 0) is 18.9 Å². The Balaban J connectivity index is 2.33. The molecule has 0 saturated carbocycles. The molecule has 3 N–H and O–H groups in total. The summed E-state index contributed by atoms with van der Waals surface area (Å²) < 4.78 is 1.77. The monoisotopic (exact) mass is 259 g/mol. The largest absolute Gasteiger partial charge is 0.395 e. The van der Waals surface area contributed by atoms with Gasteiger partial charge in [0.1, 0.15) is 0 Å². The van der Waals surface area contributed by atoms with Crippen LogP contribution >= 0.6 is 0 Å². The fourth-order valence-electron chi connectivity index (χ4n) is 2.36. The summed E-state index contributed by atoms with van der Waals surface area (Å²) in [4.78, 5) is 0. The molecule has 2 aromatic rings. The summed E-state index contributed by atoms with van der Waals surface area (Å²) in [6.07, 6.45) is 4.49. The van der Waals surface area contributed by atoms with Crippen molar-refractivity contribution in [3.05, 3.63) is 53.3 Å². The first-order valence-corrected chi connectivity index (χ1v) is 6.45. The van der Waals surface area contributed by atoms with Crippen LogP contribution in [0.3, 0.4) is 0 Å². The minimum absolute atomic E-state index is 0.0292. The number of aromatic nitrogens is 2. The summed E-state index contributed by atoms with van der Waals surface area (Å²) in [6, 6.07) is 8.21. The van der Waals surface area contributed by atoms with Crippen molar-refractivity contribution in [2.24, 2.45) is 12.8 Å². The molecule has 0 amide bonds. The number of nitrogens with zero attached hydrogens (tertiary/aromatic N) is 2. The van der Waals surface area contributed by atoms with Crippen LogP contribution in [0.25, 0.3) is 0 Å². The SMILES string of the molecule is Cc1ccc(C(CN)(CO)Cc2cnn(C)c2)cc1. The Labute approximate surface area is 113 Å². The smallest absolute Gasteiger partial charge is 0.0543 e. The van der Waals surface area contributed by atoms with Crippen molar-refractivity contribution in [2.45, 2.75) is 18.8 Å². The molecule has 0 aliphatic heterocycles. The molecule has 1 unspecified atom stereocenters. The van der Waals surface area contributed by atoms with E-state index in [1.807, 2.05) is 26.4 Å². The molecule has 19 heavy (non-hydrogen) atoms. The van der Waals surface area contributed by atoms with Gasteiger partial charge in [-0.15, -0.1) is 0 Å². The quantitative estimate of drug-likeness (QED) is 0.847. The summed E-state index contributed by atoms with van der Waals surface area (Å²) in [7, 11) is 1.89. The molecular formula is C15H21N3O. The van der Waals surface area contributed by atoms with Crippen LogP contribution in [0, 0.1) is 6.92 Å². The number of aliphatic hydroxyl groups is 1. The third-order valence-corrected chi connectivity index (χ3v) is 3.66. The summed E-state index contributed by atoms with van der Waals surface area (Å²) in [5.41, 5.74) is 8.89. The minimum Gasteiger partial charge on any atom is -0.395 e. The second kappa shape index (κ2) is 5.55. The molecule has 102 valence electrons. The zero-order chi connectivity index (χ0) is 13.9. The van der Waals surface area contributed by atoms with Gasteiger partial charge in [-0.2, -0.15) is 5.10 Å². The predicted octanol–water partition coefficient (Wildman–Crippen LogP) is 1.16. The first-order chi connectivity index (χ1) is 9.09. The first-order valence-electron chi connectivity index (χ1n) is 6.45. The molecule has 0 radical (unpaired) electrons. The predicted molar refractivity (Wildman–Crippen MR) is 75.9 cm³/mol. The van der Waals surface area contributed by atoms with E-state index in [1.54, 1.807) is 4.68 Å². The first kappa shape index (κ1) is 13.8. The van der Waals surface area contributed by atoms with Gasteiger partial charge in [0.25, 0.3) is 0 Å². The Bertz CT molecular complexity index is 527. The highest BCUT2D eigenvalue weighted by Gasteiger charge is 2.30. The van der Waals surface area contributed by atoms with E-state index in [2.05, 4.69) is 29.4 Å². The molecule has 1 heterocycles. The van der Waals surface area contributed by atoms with Gasteiger partial charge in [0.2, 0.25) is 0 Å². The summed E-state index contributed by atoms with van der Waals surface area (Å²) in [6.45, 7) is 2.48. The topological polar surface area (TPSA) is 64.1 Å². The normalized spacial score (nSPS) is 14.3. The Morgan fingerprint density at radius 2 is 2.00 bits per heavy atom.